The Kier molecular flexibility index (Phi) is 4.87. The molecule has 3 aromatic rings. The number of nitrogens with two attached hydrogens (primary N) is 2. The first-order chi connectivity index (χ1) is 13.5. The normalized spacial score (nSPS) is 19.5. The molecule has 0 bridgehead atoms. The lowest BCUT2D eigenvalue weighted by Crippen LogP contribution is -2.42. The molecule has 1 aliphatic carbocycles. The summed E-state index contributed by atoms with van der Waals surface area (Å²) in [4.78, 5) is 23.9. The van der Waals surface area contributed by atoms with E-state index in [2.05, 4.69) is 25.6 Å². The SMILES string of the molecule is Cc1c[nH]c2c(Nc3nc(N[C@@H]4CCCC[C@@H]4N)cnc3C(N)=O)cccc12. The van der Waals surface area contributed by atoms with Crippen molar-refractivity contribution in [2.45, 2.75) is 44.7 Å². The molecule has 0 radical (unpaired) electrons. The van der Waals surface area contributed by atoms with Crippen molar-refractivity contribution in [1.82, 2.24) is 15.0 Å². The number of nitrogens with zero attached hydrogens (tertiary/aromatic N) is 2. The molecule has 8 nitrogen and oxygen atoms in total. The van der Waals surface area contributed by atoms with Crippen LogP contribution in [0.3, 0.4) is 0 Å². The third-order valence-corrected chi connectivity index (χ3v) is 5.33. The molecule has 1 aliphatic rings. The number of amides is 1. The second kappa shape index (κ2) is 7.47. The second-order valence-corrected chi connectivity index (χ2v) is 7.34. The highest BCUT2D eigenvalue weighted by molar-refractivity contribution is 5.99. The fourth-order valence-electron chi connectivity index (χ4n) is 3.78. The lowest BCUT2D eigenvalue weighted by molar-refractivity contribution is 0.0996. The monoisotopic (exact) mass is 379 g/mol. The average molecular weight is 379 g/mol. The fraction of sp³-hybridized carbons (Fsp3) is 0.350. The Morgan fingerprint density at radius 2 is 2.11 bits per heavy atom. The van der Waals surface area contributed by atoms with Crippen molar-refractivity contribution < 1.29 is 4.79 Å². The summed E-state index contributed by atoms with van der Waals surface area (Å²) in [6.45, 7) is 2.04. The Bertz CT molecular complexity index is 1010. The van der Waals surface area contributed by atoms with Gasteiger partial charge in [0.25, 0.3) is 5.91 Å². The van der Waals surface area contributed by atoms with Crippen molar-refractivity contribution in [3.05, 3.63) is 41.9 Å². The van der Waals surface area contributed by atoms with Crippen molar-refractivity contribution in [3.63, 3.8) is 0 Å². The van der Waals surface area contributed by atoms with Crippen LogP contribution in [0.5, 0.6) is 0 Å². The number of rotatable bonds is 5. The van der Waals surface area contributed by atoms with Gasteiger partial charge in [-0.25, -0.2) is 9.97 Å². The molecule has 8 heteroatoms. The molecule has 1 aromatic carbocycles. The molecule has 0 saturated heterocycles. The summed E-state index contributed by atoms with van der Waals surface area (Å²) in [5.74, 6) is 0.261. The van der Waals surface area contributed by atoms with Gasteiger partial charge in [0, 0.05) is 23.7 Å². The number of benzene rings is 1. The van der Waals surface area contributed by atoms with Gasteiger partial charge in [0.1, 0.15) is 5.82 Å². The van der Waals surface area contributed by atoms with Crippen LogP contribution in [0.25, 0.3) is 10.9 Å². The Hall–Kier alpha value is -3.13. The lowest BCUT2D eigenvalue weighted by Gasteiger charge is -2.29. The predicted octanol–water partition coefficient (Wildman–Crippen LogP) is 2.79. The van der Waals surface area contributed by atoms with Crippen molar-refractivity contribution in [3.8, 4) is 0 Å². The van der Waals surface area contributed by atoms with Crippen molar-refractivity contribution in [1.29, 1.82) is 0 Å². The van der Waals surface area contributed by atoms with Crippen LogP contribution in [0.1, 0.15) is 41.7 Å². The maximum atomic E-state index is 11.9. The molecule has 2 atom stereocenters. The molecule has 0 spiro atoms. The number of primary amides is 1. The number of anilines is 3. The maximum Gasteiger partial charge on any atom is 0.271 e. The van der Waals surface area contributed by atoms with E-state index in [0.717, 1.165) is 47.8 Å². The van der Waals surface area contributed by atoms with Gasteiger partial charge in [-0.15, -0.1) is 0 Å². The van der Waals surface area contributed by atoms with E-state index in [1.165, 1.54) is 6.20 Å². The van der Waals surface area contributed by atoms with Gasteiger partial charge < -0.3 is 27.1 Å². The largest absolute Gasteiger partial charge is 0.364 e. The van der Waals surface area contributed by atoms with E-state index in [0.29, 0.717) is 11.6 Å². The minimum Gasteiger partial charge on any atom is -0.364 e. The summed E-state index contributed by atoms with van der Waals surface area (Å²) in [6.07, 6.45) is 7.74. The lowest BCUT2D eigenvalue weighted by atomic mass is 9.91. The standard InChI is InChI=1S/C20H25N7O/c1-11-9-23-17-12(11)5-4-8-15(17)26-20-18(19(22)28)24-10-16(27-20)25-14-7-3-2-6-13(14)21/h4-5,8-10,13-14,23H,2-3,6-7,21H2,1H3,(H2,22,28)(H2,25,26,27)/t13-,14+/m0/s1. The van der Waals surface area contributed by atoms with Crippen molar-refractivity contribution >= 4 is 34.1 Å². The molecule has 1 amide bonds. The van der Waals surface area contributed by atoms with Gasteiger partial charge in [0.2, 0.25) is 0 Å². The number of H-pyrrole nitrogens is 1. The van der Waals surface area contributed by atoms with Crippen molar-refractivity contribution in [2.75, 3.05) is 10.6 Å². The topological polar surface area (TPSA) is 135 Å². The van der Waals surface area contributed by atoms with E-state index < -0.39 is 5.91 Å². The van der Waals surface area contributed by atoms with Crippen LogP contribution in [0.15, 0.2) is 30.6 Å². The quantitative estimate of drug-likeness (QED) is 0.463. The van der Waals surface area contributed by atoms with Crippen LogP contribution in [0.4, 0.5) is 17.3 Å². The first-order valence-corrected chi connectivity index (χ1v) is 9.55. The van der Waals surface area contributed by atoms with E-state index >= 15 is 0 Å². The van der Waals surface area contributed by atoms with E-state index in [1.54, 1.807) is 0 Å². The molecule has 2 heterocycles. The Balaban J connectivity index is 1.67. The van der Waals surface area contributed by atoms with Gasteiger partial charge >= 0.3 is 0 Å². The van der Waals surface area contributed by atoms with Gasteiger partial charge in [0.05, 0.1) is 17.4 Å². The summed E-state index contributed by atoms with van der Waals surface area (Å²) in [7, 11) is 0. The molecule has 4 rings (SSSR count). The first-order valence-electron chi connectivity index (χ1n) is 9.55. The smallest absolute Gasteiger partial charge is 0.271 e. The zero-order valence-corrected chi connectivity index (χ0v) is 15.8. The molecule has 2 aromatic heterocycles. The predicted molar refractivity (Wildman–Crippen MR) is 111 cm³/mol. The molecular weight excluding hydrogens is 354 g/mol. The Labute approximate surface area is 163 Å². The Morgan fingerprint density at radius 3 is 2.89 bits per heavy atom. The highest BCUT2D eigenvalue weighted by atomic mass is 16.1. The molecule has 0 aliphatic heterocycles. The van der Waals surface area contributed by atoms with Gasteiger partial charge in [-0.2, -0.15) is 0 Å². The molecule has 0 unspecified atom stereocenters. The average Bonchev–Trinajstić information content (AvgIpc) is 3.06. The van der Waals surface area contributed by atoms with Gasteiger partial charge in [-0.05, 0) is 31.4 Å². The van der Waals surface area contributed by atoms with Gasteiger partial charge in [-0.1, -0.05) is 25.0 Å². The van der Waals surface area contributed by atoms with Crippen LogP contribution in [-0.4, -0.2) is 32.9 Å². The zero-order chi connectivity index (χ0) is 19.7. The minimum atomic E-state index is -0.634. The maximum absolute atomic E-state index is 11.9. The summed E-state index contributed by atoms with van der Waals surface area (Å²) in [6, 6.07) is 6.13. The van der Waals surface area contributed by atoms with Crippen LogP contribution in [-0.2, 0) is 0 Å². The number of fused-ring (bicyclic) bond motifs is 1. The van der Waals surface area contributed by atoms with Crippen molar-refractivity contribution in [2.24, 2.45) is 11.5 Å². The highest BCUT2D eigenvalue weighted by Gasteiger charge is 2.23. The molecule has 28 heavy (non-hydrogen) atoms. The number of nitrogens with one attached hydrogen (secondary N) is 3. The van der Waals surface area contributed by atoms with E-state index in [9.17, 15) is 4.79 Å². The third kappa shape index (κ3) is 3.50. The summed E-state index contributed by atoms with van der Waals surface area (Å²) in [5, 5.41) is 7.69. The van der Waals surface area contributed by atoms with Crippen LogP contribution < -0.4 is 22.1 Å². The molecular formula is C20H25N7O. The number of para-hydroxylation sites is 1. The van der Waals surface area contributed by atoms with E-state index in [-0.39, 0.29) is 17.8 Å². The summed E-state index contributed by atoms with van der Waals surface area (Å²) < 4.78 is 0. The van der Waals surface area contributed by atoms with E-state index in [4.69, 9.17) is 11.5 Å². The van der Waals surface area contributed by atoms with Crippen LogP contribution >= 0.6 is 0 Å². The molecule has 7 N–H and O–H groups in total. The highest BCUT2D eigenvalue weighted by Crippen LogP contribution is 2.28. The number of aromatic amines is 1. The molecule has 1 fully saturated rings. The number of aromatic nitrogens is 3. The number of aryl methyl sites for hydroxylation is 1. The second-order valence-electron chi connectivity index (χ2n) is 7.34. The van der Waals surface area contributed by atoms with Crippen LogP contribution in [0, 0.1) is 6.92 Å². The van der Waals surface area contributed by atoms with Crippen LogP contribution in [0.2, 0.25) is 0 Å². The minimum absolute atomic E-state index is 0.0819. The molecule has 146 valence electrons. The third-order valence-electron chi connectivity index (χ3n) is 5.33. The number of carbonyl (C=O) groups is 1. The van der Waals surface area contributed by atoms with Gasteiger partial charge in [-0.3, -0.25) is 4.79 Å². The number of hydrogen-bond donors (Lipinski definition) is 5. The number of carbonyl (C=O) groups excluding carboxylic acids is 1. The molecule has 1 saturated carbocycles. The van der Waals surface area contributed by atoms with Gasteiger partial charge in [0.15, 0.2) is 11.5 Å². The summed E-state index contributed by atoms with van der Waals surface area (Å²) >= 11 is 0. The zero-order valence-electron chi connectivity index (χ0n) is 15.8. The number of hydrogen-bond acceptors (Lipinski definition) is 6. The Morgan fingerprint density at radius 1 is 1.29 bits per heavy atom. The summed E-state index contributed by atoms with van der Waals surface area (Å²) in [5.41, 5.74) is 14.7. The first kappa shape index (κ1) is 18.2. The fourth-order valence-corrected chi connectivity index (χ4v) is 3.78. The van der Waals surface area contributed by atoms with E-state index in [1.807, 2.05) is 31.3 Å².